The van der Waals surface area contributed by atoms with E-state index in [0.717, 1.165) is 40.9 Å². The number of aromatic nitrogens is 2. The van der Waals surface area contributed by atoms with Crippen LogP contribution in [0.1, 0.15) is 22.5 Å². The lowest BCUT2D eigenvalue weighted by molar-refractivity contribution is 0.573. The van der Waals surface area contributed by atoms with Gasteiger partial charge in [-0.2, -0.15) is 0 Å². The molecule has 0 aliphatic heterocycles. The van der Waals surface area contributed by atoms with Crippen LogP contribution < -0.4 is 10.6 Å². The van der Waals surface area contributed by atoms with Crippen LogP contribution >= 0.6 is 22.7 Å². The van der Waals surface area contributed by atoms with Crippen molar-refractivity contribution in [3.05, 3.63) is 45.6 Å². The fourth-order valence-electron chi connectivity index (χ4n) is 2.21. The summed E-state index contributed by atoms with van der Waals surface area (Å²) in [5.41, 5.74) is 0.846. The predicted octanol–water partition coefficient (Wildman–Crippen LogP) is 3.33. The van der Waals surface area contributed by atoms with Crippen LogP contribution in [0.15, 0.2) is 39.4 Å². The Bertz CT molecular complexity index is 807. The molecule has 0 aliphatic rings. The number of hydrogen-bond donors (Lipinski definition) is 2. The van der Waals surface area contributed by atoms with Gasteiger partial charge in [0.1, 0.15) is 6.26 Å². The zero-order valence-electron chi connectivity index (χ0n) is 14.3. The minimum atomic E-state index is 0.561. The highest BCUT2D eigenvalue weighted by Gasteiger charge is 2.08. The summed E-state index contributed by atoms with van der Waals surface area (Å²) in [5.74, 6) is 1.40. The SMILES string of the molecule is CCc1cnc(CCNC(=NC)NCc2coc(-c3cccs3)n2)s1. The van der Waals surface area contributed by atoms with Crippen molar-refractivity contribution in [2.75, 3.05) is 13.6 Å². The van der Waals surface area contributed by atoms with Gasteiger partial charge in [-0.1, -0.05) is 13.0 Å². The smallest absolute Gasteiger partial charge is 0.236 e. The van der Waals surface area contributed by atoms with Gasteiger partial charge in [0.05, 0.1) is 22.1 Å². The summed E-state index contributed by atoms with van der Waals surface area (Å²) in [5, 5.41) is 9.71. The molecular formula is C17H21N5OS2. The van der Waals surface area contributed by atoms with Crippen LogP contribution in [-0.4, -0.2) is 29.5 Å². The van der Waals surface area contributed by atoms with Gasteiger partial charge < -0.3 is 15.1 Å². The first-order chi connectivity index (χ1) is 12.3. The number of oxazole rings is 1. The van der Waals surface area contributed by atoms with Gasteiger partial charge in [-0.05, 0) is 17.9 Å². The van der Waals surface area contributed by atoms with E-state index in [1.807, 2.05) is 23.7 Å². The molecular weight excluding hydrogens is 354 g/mol. The van der Waals surface area contributed by atoms with Gasteiger partial charge in [0, 0.05) is 31.1 Å². The number of guanidine groups is 1. The number of aryl methyl sites for hydroxylation is 1. The highest BCUT2D eigenvalue weighted by Crippen LogP contribution is 2.23. The molecule has 0 unspecified atom stereocenters. The second-order valence-corrected chi connectivity index (χ2v) is 7.45. The van der Waals surface area contributed by atoms with Crippen LogP contribution in [0, 0.1) is 0 Å². The largest absolute Gasteiger partial charge is 0.443 e. The fraction of sp³-hybridized carbons (Fsp3) is 0.353. The highest BCUT2D eigenvalue weighted by atomic mass is 32.1. The molecule has 3 rings (SSSR count). The van der Waals surface area contributed by atoms with Crippen molar-refractivity contribution in [1.29, 1.82) is 0 Å². The molecule has 3 aromatic rings. The van der Waals surface area contributed by atoms with Gasteiger partial charge in [0.15, 0.2) is 5.96 Å². The van der Waals surface area contributed by atoms with Crippen LogP contribution in [0.4, 0.5) is 0 Å². The first-order valence-corrected chi connectivity index (χ1v) is 9.84. The maximum atomic E-state index is 5.52. The van der Waals surface area contributed by atoms with Gasteiger partial charge in [-0.15, -0.1) is 22.7 Å². The third kappa shape index (κ3) is 4.90. The third-order valence-corrected chi connectivity index (χ3v) is 5.58. The minimum absolute atomic E-state index is 0.561. The molecule has 0 amide bonds. The number of rotatable bonds is 7. The summed E-state index contributed by atoms with van der Waals surface area (Å²) in [7, 11) is 1.76. The molecule has 25 heavy (non-hydrogen) atoms. The number of thiophene rings is 1. The van der Waals surface area contributed by atoms with Crippen LogP contribution in [0.3, 0.4) is 0 Å². The van der Waals surface area contributed by atoms with E-state index in [-0.39, 0.29) is 0 Å². The zero-order valence-corrected chi connectivity index (χ0v) is 15.9. The number of aliphatic imine (C=N–C) groups is 1. The maximum Gasteiger partial charge on any atom is 0.236 e. The van der Waals surface area contributed by atoms with E-state index in [2.05, 4.69) is 32.5 Å². The lowest BCUT2D eigenvalue weighted by Crippen LogP contribution is -2.37. The van der Waals surface area contributed by atoms with Gasteiger partial charge >= 0.3 is 0 Å². The molecule has 0 atom stereocenters. The first-order valence-electron chi connectivity index (χ1n) is 8.15. The van der Waals surface area contributed by atoms with E-state index in [1.165, 1.54) is 4.88 Å². The topological polar surface area (TPSA) is 75.3 Å². The van der Waals surface area contributed by atoms with Crippen LogP contribution in [0.25, 0.3) is 10.8 Å². The minimum Gasteiger partial charge on any atom is -0.443 e. The highest BCUT2D eigenvalue weighted by molar-refractivity contribution is 7.13. The average molecular weight is 376 g/mol. The molecule has 0 saturated heterocycles. The summed E-state index contributed by atoms with van der Waals surface area (Å²) in [6.45, 7) is 3.50. The van der Waals surface area contributed by atoms with Gasteiger partial charge in [0.2, 0.25) is 5.89 Å². The van der Waals surface area contributed by atoms with Gasteiger partial charge in [0.25, 0.3) is 0 Å². The van der Waals surface area contributed by atoms with Crippen molar-refractivity contribution in [3.63, 3.8) is 0 Å². The monoisotopic (exact) mass is 375 g/mol. The zero-order chi connectivity index (χ0) is 17.5. The summed E-state index contributed by atoms with van der Waals surface area (Å²) in [6.07, 6.45) is 5.57. The Morgan fingerprint density at radius 3 is 3.00 bits per heavy atom. The molecule has 0 spiro atoms. The second kappa shape index (κ2) is 8.77. The molecule has 0 bridgehead atoms. The van der Waals surface area contributed by atoms with E-state index in [1.54, 1.807) is 36.0 Å². The molecule has 2 N–H and O–H groups in total. The van der Waals surface area contributed by atoms with E-state index >= 15 is 0 Å². The van der Waals surface area contributed by atoms with Crippen molar-refractivity contribution in [1.82, 2.24) is 20.6 Å². The Kier molecular flexibility index (Phi) is 6.19. The third-order valence-electron chi connectivity index (χ3n) is 3.53. The van der Waals surface area contributed by atoms with Crippen LogP contribution in [-0.2, 0) is 19.4 Å². The lowest BCUT2D eigenvalue weighted by atomic mass is 10.4. The fourth-order valence-corrected chi connectivity index (χ4v) is 3.73. The Labute approximate surface area is 155 Å². The molecule has 3 heterocycles. The summed E-state index contributed by atoms with van der Waals surface area (Å²) >= 11 is 3.38. The molecule has 0 radical (unpaired) electrons. The summed E-state index contributed by atoms with van der Waals surface area (Å²) < 4.78 is 5.52. The predicted molar refractivity (Wildman–Crippen MR) is 103 cm³/mol. The number of nitrogens with one attached hydrogen (secondary N) is 2. The first kappa shape index (κ1) is 17.6. The number of thiazole rings is 1. The van der Waals surface area contributed by atoms with E-state index < -0.39 is 0 Å². The molecule has 3 aromatic heterocycles. The lowest BCUT2D eigenvalue weighted by Gasteiger charge is -2.09. The Morgan fingerprint density at radius 2 is 2.28 bits per heavy atom. The molecule has 0 saturated carbocycles. The van der Waals surface area contributed by atoms with Gasteiger partial charge in [-0.3, -0.25) is 4.99 Å². The second-order valence-electron chi connectivity index (χ2n) is 5.30. The van der Waals surface area contributed by atoms with Crippen LogP contribution in [0.2, 0.25) is 0 Å². The van der Waals surface area contributed by atoms with Crippen molar-refractivity contribution in [2.45, 2.75) is 26.3 Å². The maximum absolute atomic E-state index is 5.52. The molecule has 0 aliphatic carbocycles. The number of nitrogens with zero attached hydrogens (tertiary/aromatic N) is 3. The van der Waals surface area contributed by atoms with Crippen molar-refractivity contribution in [3.8, 4) is 10.8 Å². The van der Waals surface area contributed by atoms with Crippen LogP contribution in [0.5, 0.6) is 0 Å². The normalized spacial score (nSPS) is 11.7. The number of hydrogen-bond acceptors (Lipinski definition) is 6. The quantitative estimate of drug-likeness (QED) is 0.489. The molecule has 0 fully saturated rings. The molecule has 0 aromatic carbocycles. The Balaban J connectivity index is 1.44. The van der Waals surface area contributed by atoms with E-state index in [9.17, 15) is 0 Å². The van der Waals surface area contributed by atoms with E-state index in [0.29, 0.717) is 12.4 Å². The standard InChI is InChI=1S/C17H21N5OS2/c1-3-13-10-20-15(25-13)6-7-19-17(18-2)21-9-12-11-23-16(22-12)14-5-4-8-24-14/h4-5,8,10-11H,3,6-7,9H2,1-2H3,(H2,18,19,21). The van der Waals surface area contributed by atoms with Crippen molar-refractivity contribution >= 4 is 28.6 Å². The molecule has 8 heteroatoms. The molecule has 132 valence electrons. The molecule has 6 nitrogen and oxygen atoms in total. The summed E-state index contributed by atoms with van der Waals surface area (Å²) in [6, 6.07) is 3.98. The van der Waals surface area contributed by atoms with Crippen molar-refractivity contribution < 1.29 is 4.42 Å². The Hall–Kier alpha value is -2.19. The van der Waals surface area contributed by atoms with E-state index in [4.69, 9.17) is 4.42 Å². The Morgan fingerprint density at radius 1 is 1.36 bits per heavy atom. The summed E-state index contributed by atoms with van der Waals surface area (Å²) in [4.78, 5) is 15.5. The average Bonchev–Trinajstić information content (AvgIpc) is 3.39. The van der Waals surface area contributed by atoms with Gasteiger partial charge in [-0.25, -0.2) is 9.97 Å². The van der Waals surface area contributed by atoms with Crippen molar-refractivity contribution in [2.24, 2.45) is 4.99 Å².